The van der Waals surface area contributed by atoms with E-state index in [2.05, 4.69) is 40.8 Å². The lowest BCUT2D eigenvalue weighted by atomic mass is 10.1. The van der Waals surface area contributed by atoms with E-state index >= 15 is 0 Å². The molecule has 1 aliphatic heterocycles. The van der Waals surface area contributed by atoms with E-state index in [0.29, 0.717) is 34.6 Å². The molecule has 0 unspecified atom stereocenters. The largest absolute Gasteiger partial charge is 0.392 e. The molecule has 5 N–H and O–H groups in total. The van der Waals surface area contributed by atoms with Gasteiger partial charge >= 0.3 is 0 Å². The summed E-state index contributed by atoms with van der Waals surface area (Å²) in [6, 6.07) is 18.2. The van der Waals surface area contributed by atoms with E-state index in [1.165, 1.54) is 0 Å². The lowest BCUT2D eigenvalue weighted by Crippen LogP contribution is -2.30. The molecule has 214 valence electrons. The van der Waals surface area contributed by atoms with Crippen LogP contribution >= 0.6 is 11.6 Å². The number of aliphatic hydroxyl groups is 1. The van der Waals surface area contributed by atoms with Crippen LogP contribution in [-0.2, 0) is 6.54 Å². The van der Waals surface area contributed by atoms with Crippen LogP contribution < -0.4 is 16.4 Å². The van der Waals surface area contributed by atoms with E-state index in [0.717, 1.165) is 36.3 Å². The first-order valence-corrected chi connectivity index (χ1v) is 13.9. The van der Waals surface area contributed by atoms with Gasteiger partial charge in [-0.05, 0) is 49.2 Å². The number of hydrogen-bond donors (Lipinski definition) is 4. The highest BCUT2D eigenvalue weighted by molar-refractivity contribution is 6.30. The number of aliphatic hydroxyl groups excluding tert-OH is 1. The van der Waals surface area contributed by atoms with E-state index in [4.69, 9.17) is 17.3 Å². The molecule has 12 nitrogen and oxygen atoms in total. The summed E-state index contributed by atoms with van der Waals surface area (Å²) in [7, 11) is 0. The molecule has 3 aromatic heterocycles. The monoisotopic (exact) mass is 584 g/mol. The number of likely N-dealkylation sites (tertiary alicyclic amines) is 1. The molecule has 0 aliphatic carbocycles. The number of nitrogens with zero attached hydrogens (tertiary/aromatic N) is 7. The molecule has 42 heavy (non-hydrogen) atoms. The Balaban J connectivity index is 1.17. The first-order chi connectivity index (χ1) is 20.3. The van der Waals surface area contributed by atoms with Gasteiger partial charge in [0.05, 0.1) is 24.0 Å². The molecule has 6 rings (SSSR count). The highest BCUT2D eigenvalue weighted by atomic mass is 35.5. The molecule has 1 saturated heterocycles. The van der Waals surface area contributed by atoms with Crippen LogP contribution in [0.4, 0.5) is 17.3 Å². The molecule has 5 aromatic rings. The normalized spacial score (nSPS) is 16.0. The predicted molar refractivity (Wildman–Crippen MR) is 159 cm³/mol. The van der Waals surface area contributed by atoms with Gasteiger partial charge in [0.2, 0.25) is 0 Å². The molecule has 1 aliphatic rings. The molecule has 0 saturated carbocycles. The molecule has 0 bridgehead atoms. The van der Waals surface area contributed by atoms with Crippen molar-refractivity contribution in [1.82, 2.24) is 40.0 Å². The number of nitrogen functional groups attached to an aromatic ring is 1. The van der Waals surface area contributed by atoms with Gasteiger partial charge in [0.25, 0.3) is 5.91 Å². The van der Waals surface area contributed by atoms with Crippen molar-refractivity contribution in [3.63, 3.8) is 0 Å². The van der Waals surface area contributed by atoms with Crippen LogP contribution in [0.3, 0.4) is 0 Å². The zero-order valence-electron chi connectivity index (χ0n) is 22.8. The minimum absolute atomic E-state index is 0.0135. The third-order valence-electron chi connectivity index (χ3n) is 7.04. The molecule has 2 atom stereocenters. The second kappa shape index (κ2) is 11.7. The molecule has 13 heteroatoms. The van der Waals surface area contributed by atoms with Crippen molar-refractivity contribution in [2.45, 2.75) is 32.0 Å². The van der Waals surface area contributed by atoms with Gasteiger partial charge in [0.15, 0.2) is 28.8 Å². The highest BCUT2D eigenvalue weighted by Crippen LogP contribution is 2.23. The Kier molecular flexibility index (Phi) is 7.66. The van der Waals surface area contributed by atoms with Crippen molar-refractivity contribution in [2.75, 3.05) is 24.1 Å². The Morgan fingerprint density at radius 3 is 2.76 bits per heavy atom. The minimum Gasteiger partial charge on any atom is -0.392 e. The fraction of sp³-hybridized carbons (Fsp3) is 0.241. The predicted octanol–water partition coefficient (Wildman–Crippen LogP) is 3.62. The van der Waals surface area contributed by atoms with Crippen LogP contribution in [-0.4, -0.2) is 64.9 Å². The summed E-state index contributed by atoms with van der Waals surface area (Å²) < 4.78 is 1.56. The zero-order valence-corrected chi connectivity index (χ0v) is 23.5. The Bertz CT molecular complexity index is 1740. The maximum atomic E-state index is 13.3. The number of rotatable bonds is 8. The summed E-state index contributed by atoms with van der Waals surface area (Å²) in [6.07, 6.45) is 2.09. The minimum atomic E-state index is -0.574. The summed E-state index contributed by atoms with van der Waals surface area (Å²) in [5, 5.41) is 29.5. The number of fused-ring (bicyclic) bond motifs is 1. The number of carbonyl (C=O) groups excluding carboxylic acids is 1. The number of nitrogens with one attached hydrogen (secondary N) is 2. The average Bonchev–Trinajstić information content (AvgIpc) is 3.59. The Morgan fingerprint density at radius 1 is 1.17 bits per heavy atom. The van der Waals surface area contributed by atoms with E-state index in [1.807, 2.05) is 36.4 Å². The number of carbonyl (C=O) groups is 1. The Morgan fingerprint density at radius 2 is 2.00 bits per heavy atom. The van der Waals surface area contributed by atoms with Crippen LogP contribution in [0.15, 0.2) is 66.9 Å². The van der Waals surface area contributed by atoms with E-state index in [-0.39, 0.29) is 17.6 Å². The zero-order chi connectivity index (χ0) is 29.2. The maximum absolute atomic E-state index is 13.3. The van der Waals surface area contributed by atoms with E-state index in [9.17, 15) is 9.90 Å². The standard InChI is InChI=1S/C29H29ClN10O2/c1-17(28-37-36-25-10-9-24(38-40(25)28)34-21-4-2-3-20(30)13-21)33-29(42)26-27(31)32-14-23(35-26)19-7-5-18(6-8-19)15-39-12-11-22(41)16-39/h2-10,13-14,17,22,41H,11-12,15-16H2,1H3,(H2,31,32)(H,33,42)(H,34,38)/t17-,22+/m1/s1. The van der Waals surface area contributed by atoms with E-state index in [1.54, 1.807) is 41.9 Å². The number of anilines is 3. The van der Waals surface area contributed by atoms with Gasteiger partial charge in [-0.1, -0.05) is 41.9 Å². The Hall–Kier alpha value is -4.65. The topological polar surface area (TPSA) is 159 Å². The van der Waals surface area contributed by atoms with Crippen molar-refractivity contribution in [2.24, 2.45) is 0 Å². The lowest BCUT2D eigenvalue weighted by molar-refractivity contribution is 0.0933. The van der Waals surface area contributed by atoms with Crippen molar-refractivity contribution < 1.29 is 9.90 Å². The number of aromatic nitrogens is 6. The van der Waals surface area contributed by atoms with Crippen LogP contribution in [0.1, 0.15) is 41.3 Å². The molecule has 1 amide bonds. The van der Waals surface area contributed by atoms with Gasteiger partial charge in [0, 0.05) is 35.9 Å². The van der Waals surface area contributed by atoms with Crippen molar-refractivity contribution in [3.05, 3.63) is 89.0 Å². The second-order valence-electron chi connectivity index (χ2n) is 10.2. The van der Waals surface area contributed by atoms with Gasteiger partial charge in [0.1, 0.15) is 0 Å². The number of nitrogens with two attached hydrogens (primary N) is 1. The van der Waals surface area contributed by atoms with Crippen molar-refractivity contribution in [3.8, 4) is 11.3 Å². The van der Waals surface area contributed by atoms with Gasteiger partial charge < -0.3 is 21.5 Å². The molecular formula is C29H29ClN10O2. The summed E-state index contributed by atoms with van der Waals surface area (Å²) in [5.74, 6) is 0.501. The third-order valence-corrected chi connectivity index (χ3v) is 7.27. The molecule has 0 radical (unpaired) electrons. The average molecular weight is 585 g/mol. The smallest absolute Gasteiger partial charge is 0.274 e. The fourth-order valence-electron chi connectivity index (χ4n) is 4.89. The molecular weight excluding hydrogens is 556 g/mol. The van der Waals surface area contributed by atoms with Gasteiger partial charge in [-0.3, -0.25) is 9.69 Å². The third kappa shape index (κ3) is 6.00. The van der Waals surface area contributed by atoms with Crippen LogP contribution in [0, 0.1) is 0 Å². The maximum Gasteiger partial charge on any atom is 0.274 e. The highest BCUT2D eigenvalue weighted by Gasteiger charge is 2.22. The molecule has 4 heterocycles. The first kappa shape index (κ1) is 27.5. The summed E-state index contributed by atoms with van der Waals surface area (Å²) in [4.78, 5) is 24.3. The fourth-order valence-corrected chi connectivity index (χ4v) is 5.08. The quantitative estimate of drug-likeness (QED) is 0.212. The van der Waals surface area contributed by atoms with Crippen LogP contribution in [0.5, 0.6) is 0 Å². The lowest BCUT2D eigenvalue weighted by Gasteiger charge is -2.15. The van der Waals surface area contributed by atoms with Crippen molar-refractivity contribution in [1.29, 1.82) is 0 Å². The van der Waals surface area contributed by atoms with E-state index < -0.39 is 11.9 Å². The first-order valence-electron chi connectivity index (χ1n) is 13.5. The molecule has 0 spiro atoms. The SMILES string of the molecule is C[C@@H](NC(=O)c1nc(-c2ccc(CN3CC[C@H](O)C3)cc2)cnc1N)c1nnc2ccc(Nc3cccc(Cl)c3)nn12. The second-order valence-corrected chi connectivity index (χ2v) is 10.7. The summed E-state index contributed by atoms with van der Waals surface area (Å²) in [5.41, 5.74) is 9.83. The number of hydrogen-bond acceptors (Lipinski definition) is 10. The van der Waals surface area contributed by atoms with Crippen LogP contribution in [0.2, 0.25) is 5.02 Å². The van der Waals surface area contributed by atoms with Crippen molar-refractivity contribution >= 4 is 40.5 Å². The molecule has 2 aromatic carbocycles. The number of amides is 1. The van der Waals surface area contributed by atoms with Gasteiger partial charge in [-0.25, -0.2) is 9.97 Å². The Labute approximate surface area is 246 Å². The van der Waals surface area contributed by atoms with Crippen LogP contribution in [0.25, 0.3) is 16.9 Å². The van der Waals surface area contributed by atoms with Gasteiger partial charge in [-0.15, -0.1) is 15.3 Å². The number of halogens is 1. The van der Waals surface area contributed by atoms with Gasteiger partial charge in [-0.2, -0.15) is 4.52 Å². The number of benzene rings is 2. The summed E-state index contributed by atoms with van der Waals surface area (Å²) in [6.45, 7) is 4.11. The number of β-amino-alcohol motifs (C(OH)–C–C–N with tert-alkyl or cyclic N) is 1. The molecule has 1 fully saturated rings. The summed E-state index contributed by atoms with van der Waals surface area (Å²) >= 11 is 6.10.